The van der Waals surface area contributed by atoms with E-state index in [0.717, 1.165) is 11.1 Å². The third-order valence-corrected chi connectivity index (χ3v) is 3.63. The largest absolute Gasteiger partial charge is 0.385 e. The average molecular weight is 279 g/mol. The number of aliphatic hydroxyl groups is 1. The Morgan fingerprint density at radius 2 is 1.89 bits per heavy atom. The van der Waals surface area contributed by atoms with E-state index in [0.29, 0.717) is 5.56 Å². The van der Waals surface area contributed by atoms with Crippen LogP contribution in [0.2, 0.25) is 5.02 Å². The molecule has 0 saturated carbocycles. The van der Waals surface area contributed by atoms with E-state index in [1.54, 1.807) is 19.1 Å². The summed E-state index contributed by atoms with van der Waals surface area (Å²) in [6, 6.07) is 12.3. The van der Waals surface area contributed by atoms with E-state index in [-0.39, 0.29) is 11.4 Å². The molecule has 0 amide bonds. The Morgan fingerprint density at radius 1 is 1.21 bits per heavy atom. The molecule has 3 heteroatoms. The third kappa shape index (κ3) is 3.14. The zero-order valence-corrected chi connectivity index (χ0v) is 11.7. The van der Waals surface area contributed by atoms with Crippen molar-refractivity contribution in [3.8, 4) is 0 Å². The number of rotatable bonds is 3. The van der Waals surface area contributed by atoms with Gasteiger partial charge in [0, 0.05) is 6.42 Å². The lowest BCUT2D eigenvalue weighted by molar-refractivity contribution is 0.0575. The van der Waals surface area contributed by atoms with E-state index >= 15 is 0 Å². The number of benzene rings is 2. The van der Waals surface area contributed by atoms with Gasteiger partial charge in [0.25, 0.3) is 0 Å². The van der Waals surface area contributed by atoms with Gasteiger partial charge in [0.15, 0.2) is 0 Å². The molecule has 0 saturated heterocycles. The molecule has 2 rings (SSSR count). The molecule has 0 radical (unpaired) electrons. The highest BCUT2D eigenvalue weighted by Gasteiger charge is 2.25. The van der Waals surface area contributed by atoms with Gasteiger partial charge in [-0.15, -0.1) is 0 Å². The Labute approximate surface area is 117 Å². The van der Waals surface area contributed by atoms with E-state index in [1.807, 2.05) is 31.2 Å². The van der Waals surface area contributed by atoms with Crippen LogP contribution >= 0.6 is 11.6 Å². The van der Waals surface area contributed by atoms with Crippen molar-refractivity contribution < 1.29 is 9.50 Å². The Hall–Kier alpha value is -1.38. The van der Waals surface area contributed by atoms with Crippen LogP contribution in [-0.2, 0) is 12.0 Å². The first-order valence-corrected chi connectivity index (χ1v) is 6.50. The zero-order chi connectivity index (χ0) is 14.0. The Balaban J connectivity index is 2.33. The van der Waals surface area contributed by atoms with Gasteiger partial charge in [-0.25, -0.2) is 4.39 Å². The molecule has 0 aliphatic carbocycles. The van der Waals surface area contributed by atoms with Crippen LogP contribution in [0.1, 0.15) is 23.6 Å². The first-order chi connectivity index (χ1) is 8.90. The Bertz CT molecular complexity index is 593. The summed E-state index contributed by atoms with van der Waals surface area (Å²) in [7, 11) is 0. The van der Waals surface area contributed by atoms with Crippen LogP contribution in [0, 0.1) is 12.7 Å². The predicted octanol–water partition coefficient (Wildman–Crippen LogP) is 4.24. The molecule has 0 spiro atoms. The molecule has 2 aromatic carbocycles. The van der Waals surface area contributed by atoms with Crippen LogP contribution < -0.4 is 0 Å². The van der Waals surface area contributed by atoms with Gasteiger partial charge < -0.3 is 5.11 Å². The first kappa shape index (κ1) is 14.0. The van der Waals surface area contributed by atoms with Gasteiger partial charge in [-0.05, 0) is 31.0 Å². The first-order valence-electron chi connectivity index (χ1n) is 6.12. The molecule has 0 bridgehead atoms. The topological polar surface area (TPSA) is 20.2 Å². The fourth-order valence-electron chi connectivity index (χ4n) is 2.14. The van der Waals surface area contributed by atoms with Crippen molar-refractivity contribution in [1.82, 2.24) is 0 Å². The minimum atomic E-state index is -1.08. The summed E-state index contributed by atoms with van der Waals surface area (Å²) >= 11 is 5.93. The predicted molar refractivity (Wildman–Crippen MR) is 75.9 cm³/mol. The van der Waals surface area contributed by atoms with Crippen molar-refractivity contribution in [1.29, 1.82) is 0 Å². The molecule has 0 aromatic heterocycles. The SMILES string of the molecule is Cc1cccc(C(C)(O)Cc2cccc(F)c2Cl)c1. The van der Waals surface area contributed by atoms with Crippen molar-refractivity contribution in [3.63, 3.8) is 0 Å². The zero-order valence-electron chi connectivity index (χ0n) is 11.0. The van der Waals surface area contributed by atoms with Gasteiger partial charge >= 0.3 is 0 Å². The van der Waals surface area contributed by atoms with Gasteiger partial charge in [0.1, 0.15) is 5.82 Å². The molecule has 19 heavy (non-hydrogen) atoms. The molecule has 1 atom stereocenters. The molecule has 2 aromatic rings. The summed E-state index contributed by atoms with van der Waals surface area (Å²) in [6.07, 6.45) is 0.271. The summed E-state index contributed by atoms with van der Waals surface area (Å²) in [5.41, 5.74) is 1.40. The molecule has 100 valence electrons. The maximum Gasteiger partial charge on any atom is 0.142 e. The average Bonchev–Trinajstić information content (AvgIpc) is 2.35. The minimum Gasteiger partial charge on any atom is -0.385 e. The highest BCUT2D eigenvalue weighted by Crippen LogP contribution is 2.30. The smallest absolute Gasteiger partial charge is 0.142 e. The van der Waals surface area contributed by atoms with E-state index in [1.165, 1.54) is 6.07 Å². The van der Waals surface area contributed by atoms with E-state index in [4.69, 9.17) is 11.6 Å². The van der Waals surface area contributed by atoms with Gasteiger partial charge in [-0.1, -0.05) is 53.6 Å². The normalized spacial score (nSPS) is 14.2. The molecular weight excluding hydrogens is 263 g/mol. The lowest BCUT2D eigenvalue weighted by Gasteiger charge is -2.25. The fourth-order valence-corrected chi connectivity index (χ4v) is 2.33. The summed E-state index contributed by atoms with van der Waals surface area (Å²) in [5, 5.41) is 10.7. The summed E-state index contributed by atoms with van der Waals surface area (Å²) in [6.45, 7) is 3.68. The molecular formula is C16H16ClFO. The molecule has 0 aliphatic rings. The molecule has 1 nitrogen and oxygen atoms in total. The lowest BCUT2D eigenvalue weighted by Crippen LogP contribution is -2.24. The maximum absolute atomic E-state index is 13.4. The van der Waals surface area contributed by atoms with Gasteiger partial charge in [0.2, 0.25) is 0 Å². The van der Waals surface area contributed by atoms with Crippen LogP contribution in [0.5, 0.6) is 0 Å². The van der Waals surface area contributed by atoms with Gasteiger partial charge in [-0.2, -0.15) is 0 Å². The molecule has 0 heterocycles. The van der Waals surface area contributed by atoms with Crippen LogP contribution in [0.25, 0.3) is 0 Å². The summed E-state index contributed by atoms with van der Waals surface area (Å²) < 4.78 is 13.4. The van der Waals surface area contributed by atoms with Crippen LogP contribution in [-0.4, -0.2) is 5.11 Å². The lowest BCUT2D eigenvalue weighted by atomic mass is 9.88. The minimum absolute atomic E-state index is 0.0791. The Morgan fingerprint density at radius 3 is 2.58 bits per heavy atom. The fraction of sp³-hybridized carbons (Fsp3) is 0.250. The molecule has 1 unspecified atom stereocenters. The monoisotopic (exact) mass is 278 g/mol. The van der Waals surface area contributed by atoms with Crippen LogP contribution in [0.15, 0.2) is 42.5 Å². The van der Waals surface area contributed by atoms with Gasteiger partial charge in [0.05, 0.1) is 10.6 Å². The van der Waals surface area contributed by atoms with E-state index in [9.17, 15) is 9.50 Å². The second kappa shape index (κ2) is 5.32. The van der Waals surface area contributed by atoms with Crippen LogP contribution in [0.3, 0.4) is 0 Å². The standard InChI is InChI=1S/C16H16ClFO/c1-11-5-3-7-13(9-11)16(2,19)10-12-6-4-8-14(18)15(12)17/h3-9,19H,10H2,1-2H3. The van der Waals surface area contributed by atoms with Gasteiger partial charge in [-0.3, -0.25) is 0 Å². The van der Waals surface area contributed by atoms with Crippen molar-refractivity contribution in [2.75, 3.05) is 0 Å². The van der Waals surface area contributed by atoms with E-state index in [2.05, 4.69) is 0 Å². The number of hydrogen-bond donors (Lipinski definition) is 1. The molecule has 0 fully saturated rings. The van der Waals surface area contributed by atoms with Crippen molar-refractivity contribution >= 4 is 11.6 Å². The van der Waals surface area contributed by atoms with Crippen molar-refractivity contribution in [3.05, 3.63) is 70.0 Å². The van der Waals surface area contributed by atoms with Crippen LogP contribution in [0.4, 0.5) is 4.39 Å². The van der Waals surface area contributed by atoms with Crippen molar-refractivity contribution in [2.24, 2.45) is 0 Å². The van der Waals surface area contributed by atoms with E-state index < -0.39 is 11.4 Å². The third-order valence-electron chi connectivity index (χ3n) is 3.21. The summed E-state index contributed by atoms with van der Waals surface area (Å²) in [4.78, 5) is 0. The second-order valence-corrected chi connectivity index (χ2v) is 5.41. The molecule has 0 aliphatic heterocycles. The highest BCUT2D eigenvalue weighted by atomic mass is 35.5. The maximum atomic E-state index is 13.4. The number of halogens is 2. The second-order valence-electron chi connectivity index (χ2n) is 5.03. The van der Waals surface area contributed by atoms with Crippen molar-refractivity contribution in [2.45, 2.75) is 25.9 Å². The number of hydrogen-bond acceptors (Lipinski definition) is 1. The Kier molecular flexibility index (Phi) is 3.93. The number of aryl methyl sites for hydroxylation is 1. The highest BCUT2D eigenvalue weighted by molar-refractivity contribution is 6.31. The summed E-state index contributed by atoms with van der Waals surface area (Å²) in [5.74, 6) is -0.459. The molecule has 1 N–H and O–H groups in total. The quantitative estimate of drug-likeness (QED) is 0.890.